The molecule has 22 heavy (non-hydrogen) atoms. The van der Waals surface area contributed by atoms with E-state index in [1.807, 2.05) is 7.05 Å². The maximum atomic E-state index is 5.94. The summed E-state index contributed by atoms with van der Waals surface area (Å²) >= 11 is 11.8. The fourth-order valence-electron chi connectivity index (χ4n) is 2.27. The molecule has 1 N–H and O–H groups in total. The third-order valence-electron chi connectivity index (χ3n) is 3.55. The summed E-state index contributed by atoms with van der Waals surface area (Å²) in [6, 6.07) is 5.20. The van der Waals surface area contributed by atoms with Gasteiger partial charge in [0.15, 0.2) is 12.4 Å². The molecule has 0 spiro atoms. The number of nitrogens with zero attached hydrogens (tertiary/aromatic N) is 3. The normalized spacial score (nSPS) is 19.3. The zero-order valence-corrected chi connectivity index (χ0v) is 13.6. The quantitative estimate of drug-likeness (QED) is 0.921. The summed E-state index contributed by atoms with van der Waals surface area (Å²) in [5.41, 5.74) is 0. The Morgan fingerprint density at radius 3 is 3.05 bits per heavy atom. The molecule has 1 saturated heterocycles. The van der Waals surface area contributed by atoms with Crippen LogP contribution in [0.4, 0.5) is 0 Å². The van der Waals surface area contributed by atoms with Crippen molar-refractivity contribution in [1.82, 2.24) is 20.4 Å². The van der Waals surface area contributed by atoms with Crippen LogP contribution in [0.2, 0.25) is 10.0 Å². The molecule has 1 atom stereocenters. The van der Waals surface area contributed by atoms with Crippen molar-refractivity contribution in [3.05, 3.63) is 40.0 Å². The van der Waals surface area contributed by atoms with Crippen molar-refractivity contribution in [2.45, 2.75) is 12.6 Å². The Morgan fingerprint density at radius 2 is 2.27 bits per heavy atom. The van der Waals surface area contributed by atoms with Crippen molar-refractivity contribution in [3.63, 3.8) is 0 Å². The fraction of sp³-hybridized carbons (Fsp3) is 0.429. The minimum atomic E-state index is 0.122. The first-order valence-corrected chi connectivity index (χ1v) is 7.70. The number of benzene rings is 1. The summed E-state index contributed by atoms with van der Waals surface area (Å²) in [6.45, 7) is 2.92. The van der Waals surface area contributed by atoms with E-state index in [-0.39, 0.29) is 12.6 Å². The fourth-order valence-corrected chi connectivity index (χ4v) is 2.56. The van der Waals surface area contributed by atoms with Gasteiger partial charge in [-0.1, -0.05) is 28.4 Å². The number of hydrogen-bond acceptors (Lipinski definition) is 6. The number of rotatable bonds is 4. The van der Waals surface area contributed by atoms with Gasteiger partial charge in [-0.3, -0.25) is 4.90 Å². The average Bonchev–Trinajstić information content (AvgIpc) is 2.98. The van der Waals surface area contributed by atoms with Crippen LogP contribution in [0.5, 0.6) is 5.75 Å². The van der Waals surface area contributed by atoms with Crippen molar-refractivity contribution >= 4 is 23.2 Å². The van der Waals surface area contributed by atoms with E-state index >= 15 is 0 Å². The predicted molar refractivity (Wildman–Crippen MR) is 83.3 cm³/mol. The molecule has 0 aliphatic carbocycles. The maximum absolute atomic E-state index is 5.94. The van der Waals surface area contributed by atoms with Crippen LogP contribution in [0.1, 0.15) is 17.8 Å². The highest BCUT2D eigenvalue weighted by molar-refractivity contribution is 6.42. The number of piperazine rings is 1. The number of nitrogens with one attached hydrogen (secondary N) is 1. The minimum absolute atomic E-state index is 0.122. The molecule has 2 heterocycles. The summed E-state index contributed by atoms with van der Waals surface area (Å²) < 4.78 is 10.8. The Balaban J connectivity index is 1.63. The molecule has 1 aromatic carbocycles. The summed E-state index contributed by atoms with van der Waals surface area (Å²) in [7, 11) is 2.05. The zero-order valence-electron chi connectivity index (χ0n) is 12.1. The smallest absolute Gasteiger partial charge is 0.264 e. The lowest BCUT2D eigenvalue weighted by Crippen LogP contribution is -2.44. The third-order valence-corrected chi connectivity index (χ3v) is 4.29. The van der Waals surface area contributed by atoms with Gasteiger partial charge in [0.05, 0.1) is 16.1 Å². The predicted octanol–water partition coefficient (Wildman–Crippen LogP) is 2.53. The van der Waals surface area contributed by atoms with Crippen LogP contribution in [0, 0.1) is 0 Å². The Labute approximate surface area is 138 Å². The molecule has 6 nitrogen and oxygen atoms in total. The second-order valence-corrected chi connectivity index (χ2v) is 5.93. The lowest BCUT2D eigenvalue weighted by atomic mass is 10.2. The molecule has 1 aliphatic heterocycles. The molecule has 118 valence electrons. The van der Waals surface area contributed by atoms with E-state index < -0.39 is 0 Å². The average molecular weight is 343 g/mol. The zero-order chi connectivity index (χ0) is 15.5. The molecule has 1 unspecified atom stereocenters. The summed E-state index contributed by atoms with van der Waals surface area (Å²) in [5.74, 6) is 1.70. The van der Waals surface area contributed by atoms with Crippen molar-refractivity contribution < 1.29 is 9.26 Å². The minimum Gasteiger partial charge on any atom is -0.484 e. The second-order valence-electron chi connectivity index (χ2n) is 5.11. The van der Waals surface area contributed by atoms with Crippen LogP contribution in [0.3, 0.4) is 0 Å². The number of likely N-dealkylation sites (N-methyl/N-ethyl adjacent to an activating group) is 1. The molecule has 2 aromatic rings. The van der Waals surface area contributed by atoms with E-state index in [9.17, 15) is 0 Å². The molecule has 8 heteroatoms. The van der Waals surface area contributed by atoms with Gasteiger partial charge in [0.2, 0.25) is 0 Å². The first-order chi connectivity index (χ1) is 10.6. The summed E-state index contributed by atoms with van der Waals surface area (Å²) in [5, 5.41) is 8.29. The highest BCUT2D eigenvalue weighted by Gasteiger charge is 2.25. The summed E-state index contributed by atoms with van der Waals surface area (Å²) in [6.07, 6.45) is 0. The Bertz CT molecular complexity index is 650. The SMILES string of the molecule is CN1CCNCC1c1noc(COc2ccc(Cl)c(Cl)c2)n1. The van der Waals surface area contributed by atoms with Crippen molar-refractivity contribution in [1.29, 1.82) is 0 Å². The van der Waals surface area contributed by atoms with Gasteiger partial charge < -0.3 is 14.6 Å². The monoisotopic (exact) mass is 342 g/mol. The van der Waals surface area contributed by atoms with Crippen LogP contribution in [-0.4, -0.2) is 41.7 Å². The van der Waals surface area contributed by atoms with E-state index in [4.69, 9.17) is 32.5 Å². The van der Waals surface area contributed by atoms with Crippen molar-refractivity contribution in [2.75, 3.05) is 26.7 Å². The van der Waals surface area contributed by atoms with Crippen LogP contribution < -0.4 is 10.1 Å². The maximum Gasteiger partial charge on any atom is 0.264 e. The molecule has 0 radical (unpaired) electrons. The number of aromatic nitrogens is 2. The van der Waals surface area contributed by atoms with Crippen LogP contribution in [0.15, 0.2) is 22.7 Å². The van der Waals surface area contributed by atoms with Crippen molar-refractivity contribution in [3.8, 4) is 5.75 Å². The standard InChI is InChI=1S/C14H16Cl2N4O2/c1-20-5-4-17-7-12(20)14-18-13(22-19-14)8-21-9-2-3-10(15)11(16)6-9/h2-3,6,12,17H,4-5,7-8H2,1H3. The van der Waals surface area contributed by atoms with Gasteiger partial charge in [-0.05, 0) is 19.2 Å². The van der Waals surface area contributed by atoms with Gasteiger partial charge in [-0.25, -0.2) is 0 Å². The topological polar surface area (TPSA) is 63.4 Å². The third kappa shape index (κ3) is 3.52. The van der Waals surface area contributed by atoms with Gasteiger partial charge in [-0.15, -0.1) is 0 Å². The molecular weight excluding hydrogens is 327 g/mol. The Kier molecular flexibility index (Phi) is 4.83. The highest BCUT2D eigenvalue weighted by atomic mass is 35.5. The Morgan fingerprint density at radius 1 is 1.41 bits per heavy atom. The first kappa shape index (κ1) is 15.6. The van der Waals surface area contributed by atoms with E-state index in [1.165, 1.54) is 0 Å². The van der Waals surface area contributed by atoms with Gasteiger partial charge in [0, 0.05) is 25.7 Å². The van der Waals surface area contributed by atoms with Gasteiger partial charge in [0.1, 0.15) is 5.75 Å². The second kappa shape index (κ2) is 6.83. The highest BCUT2D eigenvalue weighted by Crippen LogP contribution is 2.26. The van der Waals surface area contributed by atoms with Crippen LogP contribution in [-0.2, 0) is 6.61 Å². The lowest BCUT2D eigenvalue weighted by Gasteiger charge is -2.30. The molecule has 1 aromatic heterocycles. The Hall–Kier alpha value is -1.34. The number of hydrogen-bond donors (Lipinski definition) is 1. The molecule has 3 rings (SSSR count). The van der Waals surface area contributed by atoms with Crippen LogP contribution in [0.25, 0.3) is 0 Å². The van der Waals surface area contributed by atoms with E-state index in [0.717, 1.165) is 19.6 Å². The molecule has 0 amide bonds. The van der Waals surface area contributed by atoms with Gasteiger partial charge in [0.25, 0.3) is 5.89 Å². The molecule has 0 bridgehead atoms. The number of ether oxygens (including phenoxy) is 1. The first-order valence-electron chi connectivity index (χ1n) is 6.95. The van der Waals surface area contributed by atoms with Gasteiger partial charge >= 0.3 is 0 Å². The van der Waals surface area contributed by atoms with Crippen molar-refractivity contribution in [2.24, 2.45) is 0 Å². The summed E-state index contributed by atoms with van der Waals surface area (Å²) in [4.78, 5) is 6.60. The molecule has 1 fully saturated rings. The lowest BCUT2D eigenvalue weighted by molar-refractivity contribution is 0.189. The molecule has 0 saturated carbocycles. The van der Waals surface area contributed by atoms with E-state index in [2.05, 4.69) is 20.4 Å². The van der Waals surface area contributed by atoms with E-state index in [1.54, 1.807) is 18.2 Å². The largest absolute Gasteiger partial charge is 0.484 e. The molecule has 1 aliphatic rings. The van der Waals surface area contributed by atoms with Gasteiger partial charge in [-0.2, -0.15) is 4.98 Å². The molecular formula is C14H16Cl2N4O2. The number of halogens is 2. The van der Waals surface area contributed by atoms with E-state index in [0.29, 0.717) is 27.5 Å². The van der Waals surface area contributed by atoms with Crippen LogP contribution >= 0.6 is 23.2 Å².